The molecule has 3 nitrogen and oxygen atoms in total. The van der Waals surface area contributed by atoms with Crippen LogP contribution in [0.25, 0.3) is 0 Å². The minimum atomic E-state index is 1.05. The summed E-state index contributed by atoms with van der Waals surface area (Å²) in [5.41, 5.74) is 1.35. The normalized spacial score (nSPS) is 16.1. The summed E-state index contributed by atoms with van der Waals surface area (Å²) >= 11 is 2.28. The fourth-order valence-electron chi connectivity index (χ4n) is 1.19. The number of halogens is 1. The third-order valence-electron chi connectivity index (χ3n) is 1.71. The zero-order valence-corrected chi connectivity index (χ0v) is 7.60. The van der Waals surface area contributed by atoms with Crippen LogP contribution in [0.2, 0.25) is 0 Å². The standard InChI is InChI=1S/C6H8IN3/c7-5-4-2-1-3-8-6(4)10-9-5/h1-3H2,(H2,8,9,10). The first-order valence-corrected chi connectivity index (χ1v) is 4.42. The highest BCUT2D eigenvalue weighted by Gasteiger charge is 2.13. The van der Waals surface area contributed by atoms with Crippen molar-refractivity contribution in [1.29, 1.82) is 0 Å². The second-order valence-corrected chi connectivity index (χ2v) is 3.47. The molecule has 0 saturated heterocycles. The van der Waals surface area contributed by atoms with Gasteiger partial charge in [0.2, 0.25) is 0 Å². The predicted molar refractivity (Wildman–Crippen MR) is 48.1 cm³/mol. The van der Waals surface area contributed by atoms with E-state index >= 15 is 0 Å². The second kappa shape index (κ2) is 2.41. The number of aromatic nitrogens is 2. The van der Waals surface area contributed by atoms with Crippen molar-refractivity contribution in [1.82, 2.24) is 10.2 Å². The average Bonchev–Trinajstić information content (AvgIpc) is 2.34. The van der Waals surface area contributed by atoms with Crippen LogP contribution >= 0.6 is 22.6 Å². The summed E-state index contributed by atoms with van der Waals surface area (Å²) in [6.07, 6.45) is 2.39. The van der Waals surface area contributed by atoms with Gasteiger partial charge in [-0.25, -0.2) is 0 Å². The summed E-state index contributed by atoms with van der Waals surface area (Å²) in [4.78, 5) is 0. The zero-order valence-electron chi connectivity index (χ0n) is 5.45. The topological polar surface area (TPSA) is 40.7 Å². The lowest BCUT2D eigenvalue weighted by Gasteiger charge is -2.11. The van der Waals surface area contributed by atoms with Gasteiger partial charge in [-0.1, -0.05) is 0 Å². The van der Waals surface area contributed by atoms with Crippen LogP contribution in [0.4, 0.5) is 5.82 Å². The Bertz CT molecular complexity index is 243. The maximum atomic E-state index is 4.11. The van der Waals surface area contributed by atoms with E-state index in [1.165, 1.54) is 15.7 Å². The number of aromatic amines is 1. The first-order valence-electron chi connectivity index (χ1n) is 3.34. The van der Waals surface area contributed by atoms with Gasteiger partial charge in [-0.2, -0.15) is 5.10 Å². The van der Waals surface area contributed by atoms with E-state index in [0.29, 0.717) is 0 Å². The molecule has 2 heterocycles. The fourth-order valence-corrected chi connectivity index (χ4v) is 1.84. The highest BCUT2D eigenvalue weighted by atomic mass is 127. The summed E-state index contributed by atoms with van der Waals surface area (Å²) in [5, 5.41) is 10.3. The third-order valence-corrected chi connectivity index (χ3v) is 2.60. The molecule has 0 saturated carbocycles. The molecule has 54 valence electrons. The molecule has 1 aliphatic rings. The Morgan fingerprint density at radius 3 is 3.20 bits per heavy atom. The first-order chi connectivity index (χ1) is 4.88. The average molecular weight is 249 g/mol. The van der Waals surface area contributed by atoms with Crippen LogP contribution in [0.3, 0.4) is 0 Å². The number of H-pyrrole nitrogens is 1. The Balaban J connectivity index is 2.45. The van der Waals surface area contributed by atoms with Gasteiger partial charge in [-0.15, -0.1) is 0 Å². The molecule has 1 aromatic heterocycles. The summed E-state index contributed by atoms with van der Waals surface area (Å²) in [6.45, 7) is 1.06. The molecule has 2 N–H and O–H groups in total. The van der Waals surface area contributed by atoms with Crippen molar-refractivity contribution < 1.29 is 0 Å². The van der Waals surface area contributed by atoms with E-state index < -0.39 is 0 Å². The molecule has 0 bridgehead atoms. The lowest BCUT2D eigenvalue weighted by Crippen LogP contribution is -2.10. The van der Waals surface area contributed by atoms with Gasteiger partial charge >= 0.3 is 0 Å². The van der Waals surface area contributed by atoms with E-state index in [1.807, 2.05) is 0 Å². The monoisotopic (exact) mass is 249 g/mol. The lowest BCUT2D eigenvalue weighted by molar-refractivity contribution is 0.825. The summed E-state index contributed by atoms with van der Waals surface area (Å²) in [5.74, 6) is 1.05. The molecule has 2 rings (SSSR count). The molecule has 1 aliphatic heterocycles. The predicted octanol–water partition coefficient (Wildman–Crippen LogP) is 1.37. The van der Waals surface area contributed by atoms with E-state index in [2.05, 4.69) is 38.1 Å². The van der Waals surface area contributed by atoms with Crippen molar-refractivity contribution in [2.45, 2.75) is 12.8 Å². The number of nitrogens with one attached hydrogen (secondary N) is 2. The van der Waals surface area contributed by atoms with E-state index in [4.69, 9.17) is 0 Å². The van der Waals surface area contributed by atoms with Crippen LogP contribution in [-0.4, -0.2) is 16.7 Å². The number of nitrogens with zero attached hydrogens (tertiary/aromatic N) is 1. The van der Waals surface area contributed by atoms with Crippen LogP contribution in [0.15, 0.2) is 0 Å². The van der Waals surface area contributed by atoms with Crippen LogP contribution in [0.1, 0.15) is 12.0 Å². The van der Waals surface area contributed by atoms with Crippen molar-refractivity contribution in [3.05, 3.63) is 9.26 Å². The van der Waals surface area contributed by atoms with Gasteiger partial charge in [0.25, 0.3) is 0 Å². The molecule has 0 spiro atoms. The zero-order chi connectivity index (χ0) is 6.97. The first kappa shape index (κ1) is 6.45. The van der Waals surface area contributed by atoms with Crippen LogP contribution in [0.5, 0.6) is 0 Å². The van der Waals surface area contributed by atoms with Gasteiger partial charge in [0.15, 0.2) is 5.82 Å². The van der Waals surface area contributed by atoms with Crippen molar-refractivity contribution in [3.63, 3.8) is 0 Å². The molecular weight excluding hydrogens is 241 g/mol. The Labute approximate surface area is 72.7 Å². The van der Waals surface area contributed by atoms with Crippen molar-refractivity contribution in [2.75, 3.05) is 11.9 Å². The molecule has 0 aromatic carbocycles. The SMILES string of the molecule is Ic1[nH]nc2c1CCCN2. The van der Waals surface area contributed by atoms with E-state index in [9.17, 15) is 0 Å². The van der Waals surface area contributed by atoms with Gasteiger partial charge in [0, 0.05) is 12.1 Å². The highest BCUT2D eigenvalue weighted by Crippen LogP contribution is 2.22. The van der Waals surface area contributed by atoms with Crippen LogP contribution in [-0.2, 0) is 6.42 Å². The van der Waals surface area contributed by atoms with E-state index in [0.717, 1.165) is 18.8 Å². The fraction of sp³-hybridized carbons (Fsp3) is 0.500. The number of hydrogen-bond donors (Lipinski definition) is 2. The summed E-state index contributed by atoms with van der Waals surface area (Å²) in [7, 11) is 0. The van der Waals surface area contributed by atoms with Crippen molar-refractivity contribution in [3.8, 4) is 0 Å². The minimum Gasteiger partial charge on any atom is -0.368 e. The van der Waals surface area contributed by atoms with Crippen molar-refractivity contribution >= 4 is 28.4 Å². The lowest BCUT2D eigenvalue weighted by atomic mass is 10.1. The number of fused-ring (bicyclic) bond motifs is 1. The largest absolute Gasteiger partial charge is 0.368 e. The molecule has 0 fully saturated rings. The third kappa shape index (κ3) is 0.902. The highest BCUT2D eigenvalue weighted by molar-refractivity contribution is 14.1. The van der Waals surface area contributed by atoms with Gasteiger partial charge in [-0.05, 0) is 35.4 Å². The van der Waals surface area contributed by atoms with Crippen LogP contribution in [0, 0.1) is 3.70 Å². The molecular formula is C6H8IN3. The molecule has 0 aliphatic carbocycles. The van der Waals surface area contributed by atoms with Crippen molar-refractivity contribution in [2.24, 2.45) is 0 Å². The maximum Gasteiger partial charge on any atom is 0.152 e. The summed E-state index contributed by atoms with van der Waals surface area (Å²) in [6, 6.07) is 0. The van der Waals surface area contributed by atoms with Gasteiger partial charge in [0.05, 0.1) is 0 Å². The Morgan fingerprint density at radius 2 is 2.40 bits per heavy atom. The smallest absolute Gasteiger partial charge is 0.152 e. The Morgan fingerprint density at radius 1 is 1.50 bits per heavy atom. The molecule has 0 amide bonds. The maximum absolute atomic E-state index is 4.11. The van der Waals surface area contributed by atoms with E-state index in [-0.39, 0.29) is 0 Å². The quantitative estimate of drug-likeness (QED) is 0.682. The van der Waals surface area contributed by atoms with Gasteiger partial charge < -0.3 is 5.32 Å². The molecule has 0 radical (unpaired) electrons. The molecule has 1 aromatic rings. The molecule has 10 heavy (non-hydrogen) atoms. The Hall–Kier alpha value is -0.260. The second-order valence-electron chi connectivity index (χ2n) is 2.40. The molecule has 0 atom stereocenters. The number of anilines is 1. The van der Waals surface area contributed by atoms with E-state index in [1.54, 1.807) is 0 Å². The molecule has 0 unspecified atom stereocenters. The number of rotatable bonds is 0. The minimum absolute atomic E-state index is 1.05. The summed E-state index contributed by atoms with van der Waals surface area (Å²) < 4.78 is 1.18. The Kier molecular flexibility index (Phi) is 1.55. The van der Waals surface area contributed by atoms with Gasteiger partial charge in [-0.3, -0.25) is 5.10 Å². The number of hydrogen-bond acceptors (Lipinski definition) is 2. The van der Waals surface area contributed by atoms with Crippen LogP contribution < -0.4 is 5.32 Å². The van der Waals surface area contributed by atoms with Gasteiger partial charge in [0.1, 0.15) is 3.70 Å². The molecule has 4 heteroatoms.